The van der Waals surface area contributed by atoms with Gasteiger partial charge in [-0.05, 0) is 11.6 Å². The Morgan fingerprint density at radius 3 is 2.62 bits per heavy atom. The first-order chi connectivity index (χ1) is 9.98. The van der Waals surface area contributed by atoms with Gasteiger partial charge in [0.05, 0.1) is 6.23 Å². The first-order valence-corrected chi connectivity index (χ1v) is 9.91. The molecule has 1 aromatic carbocycles. The van der Waals surface area contributed by atoms with Crippen LogP contribution in [-0.4, -0.2) is 20.3 Å². The summed E-state index contributed by atoms with van der Waals surface area (Å²) in [5.74, 6) is -0.586. The summed E-state index contributed by atoms with van der Waals surface area (Å²) in [6.45, 7) is 7.82. The van der Waals surface area contributed by atoms with E-state index in [0.29, 0.717) is 6.23 Å². The van der Waals surface area contributed by atoms with Gasteiger partial charge in [0, 0.05) is 0 Å². The molecule has 0 spiro atoms. The first-order valence-electron chi connectivity index (χ1n) is 6.63. The Balaban J connectivity index is 2.68. The fraction of sp³-hybridized carbons (Fsp3) is 0.176. The number of nitriles is 1. The van der Waals surface area contributed by atoms with E-state index >= 15 is 0 Å². The van der Waals surface area contributed by atoms with Gasteiger partial charge in [-0.15, -0.1) is 6.58 Å². The van der Waals surface area contributed by atoms with Crippen LogP contribution in [0, 0.1) is 11.3 Å². The molecule has 1 aromatic rings. The number of nitrogens with zero attached hydrogens (tertiary/aromatic N) is 1. The number of carbonyl (C=O) groups excluding carboxylic acids is 1. The number of esters is 1. The van der Waals surface area contributed by atoms with E-state index in [2.05, 4.69) is 6.58 Å². The minimum absolute atomic E-state index is 0.00366. The van der Waals surface area contributed by atoms with Crippen LogP contribution < -0.4 is 0 Å². The van der Waals surface area contributed by atoms with Crippen LogP contribution in [0.25, 0.3) is 6.08 Å². The highest BCUT2D eigenvalue weighted by molar-refractivity contribution is 6.82. The number of rotatable bonds is 6. The molecule has 0 radical (unpaired) electrons. The van der Waals surface area contributed by atoms with Gasteiger partial charge in [-0.1, -0.05) is 61.3 Å². The molecule has 0 aromatic heterocycles. The average Bonchev–Trinajstić information content (AvgIpc) is 2.50. The molecule has 0 atom stereocenters. The zero-order chi connectivity index (χ0) is 15.7. The van der Waals surface area contributed by atoms with Crippen molar-refractivity contribution in [1.29, 1.82) is 5.26 Å². The van der Waals surface area contributed by atoms with Crippen LogP contribution in [0.15, 0.2) is 60.3 Å². The molecular weight excluding hydrogens is 278 g/mol. The fourth-order valence-corrected chi connectivity index (χ4v) is 1.98. The predicted molar refractivity (Wildman–Crippen MR) is 87.8 cm³/mol. The molecule has 0 aliphatic heterocycles. The van der Waals surface area contributed by atoms with Crippen molar-refractivity contribution >= 4 is 20.1 Å². The van der Waals surface area contributed by atoms with Crippen LogP contribution in [0.2, 0.25) is 13.1 Å². The summed E-state index contributed by atoms with van der Waals surface area (Å²) < 4.78 is 5.18. The highest BCUT2D eigenvalue weighted by Crippen LogP contribution is 2.07. The molecule has 0 unspecified atom stereocenters. The monoisotopic (exact) mass is 297 g/mol. The number of hydrogen-bond donors (Lipinski definition) is 0. The van der Waals surface area contributed by atoms with E-state index in [0.717, 1.165) is 5.56 Å². The van der Waals surface area contributed by atoms with Gasteiger partial charge < -0.3 is 4.74 Å². The van der Waals surface area contributed by atoms with Gasteiger partial charge in [0.25, 0.3) is 0 Å². The normalized spacial score (nSPS) is 12.0. The lowest BCUT2D eigenvalue weighted by Gasteiger charge is -2.16. The number of carbonyl (C=O) groups is 1. The van der Waals surface area contributed by atoms with Crippen molar-refractivity contribution in [1.82, 2.24) is 0 Å². The summed E-state index contributed by atoms with van der Waals surface area (Å²) in [6, 6.07) is 11.5. The molecule has 3 nitrogen and oxygen atoms in total. The summed E-state index contributed by atoms with van der Waals surface area (Å²) >= 11 is 0. The van der Waals surface area contributed by atoms with Crippen LogP contribution in [0.3, 0.4) is 0 Å². The summed E-state index contributed by atoms with van der Waals surface area (Å²) in [6.07, 6.45) is 5.30. The molecule has 0 aliphatic carbocycles. The van der Waals surface area contributed by atoms with Gasteiger partial charge in [-0.3, -0.25) is 0 Å². The zero-order valence-corrected chi connectivity index (χ0v) is 13.4. The van der Waals surface area contributed by atoms with Crippen molar-refractivity contribution in [2.45, 2.75) is 13.1 Å². The van der Waals surface area contributed by atoms with Crippen molar-refractivity contribution in [3.8, 4) is 6.07 Å². The molecule has 4 heteroatoms. The topological polar surface area (TPSA) is 50.1 Å². The lowest BCUT2D eigenvalue weighted by molar-refractivity contribution is -0.136. The summed E-state index contributed by atoms with van der Waals surface area (Å²) in [5, 5.41) is 9.02. The van der Waals surface area contributed by atoms with Gasteiger partial charge in [-0.25, -0.2) is 4.79 Å². The summed E-state index contributed by atoms with van der Waals surface area (Å²) in [4.78, 5) is 11.8. The van der Waals surface area contributed by atoms with Crippen molar-refractivity contribution in [3.05, 3.63) is 65.9 Å². The number of benzene rings is 1. The maximum absolute atomic E-state index is 11.8. The largest absolute Gasteiger partial charge is 0.465 e. The van der Waals surface area contributed by atoms with Crippen LogP contribution >= 0.6 is 0 Å². The van der Waals surface area contributed by atoms with Crippen LogP contribution in [0.4, 0.5) is 0 Å². The second kappa shape index (κ2) is 8.03. The van der Waals surface area contributed by atoms with Crippen LogP contribution in [-0.2, 0) is 9.53 Å². The molecule has 0 N–H and O–H groups in total. The Hall–Kier alpha value is -2.38. The van der Waals surface area contributed by atoms with E-state index < -0.39 is 14.0 Å². The zero-order valence-electron chi connectivity index (χ0n) is 12.4. The minimum atomic E-state index is -1.72. The van der Waals surface area contributed by atoms with Gasteiger partial charge >= 0.3 is 5.97 Å². The molecular formula is C17H19NO2Si. The first kappa shape index (κ1) is 16.7. The minimum Gasteiger partial charge on any atom is -0.465 e. The number of allylic oxidation sites excluding steroid dienone is 2. The maximum atomic E-state index is 11.8. The molecule has 0 aliphatic rings. The van der Waals surface area contributed by atoms with Gasteiger partial charge in [0.2, 0.25) is 0 Å². The Labute approximate surface area is 126 Å². The molecule has 0 heterocycles. The Morgan fingerprint density at radius 2 is 2.05 bits per heavy atom. The Kier molecular flexibility index (Phi) is 6.37. The van der Waals surface area contributed by atoms with E-state index in [1.807, 2.05) is 61.3 Å². The van der Waals surface area contributed by atoms with Crippen molar-refractivity contribution in [2.24, 2.45) is 0 Å². The lowest BCUT2D eigenvalue weighted by atomic mass is 10.2. The van der Waals surface area contributed by atoms with E-state index in [9.17, 15) is 4.79 Å². The molecule has 1 rings (SSSR count). The molecule has 108 valence electrons. The smallest absolute Gasteiger partial charge is 0.348 e. The van der Waals surface area contributed by atoms with Gasteiger partial charge in [0.1, 0.15) is 19.7 Å². The standard InChI is InChI=1S/C17H19NO2Si/c1-4-21(2,3)14-20-17(19)16(13-18)12-8-11-15-9-6-5-7-10-15/h4-12H,1,14H2,2-3H3/b11-8+,16-12+. The SMILES string of the molecule is C=C[Si](C)(C)COC(=O)/C(C#N)=C/C=C/c1ccccc1. The van der Waals surface area contributed by atoms with Gasteiger partial charge in [-0.2, -0.15) is 5.26 Å². The second-order valence-corrected chi connectivity index (χ2v) is 9.90. The van der Waals surface area contributed by atoms with E-state index in [1.165, 1.54) is 6.08 Å². The van der Waals surface area contributed by atoms with Crippen molar-refractivity contribution in [3.63, 3.8) is 0 Å². The quantitative estimate of drug-likeness (QED) is 0.265. The van der Waals surface area contributed by atoms with Crippen molar-refractivity contribution in [2.75, 3.05) is 6.23 Å². The molecule has 0 saturated carbocycles. The average molecular weight is 297 g/mol. The highest BCUT2D eigenvalue weighted by atomic mass is 28.3. The van der Waals surface area contributed by atoms with E-state index in [1.54, 1.807) is 6.08 Å². The lowest BCUT2D eigenvalue weighted by Crippen LogP contribution is -2.32. The molecule has 0 bridgehead atoms. The molecule has 21 heavy (non-hydrogen) atoms. The Morgan fingerprint density at radius 1 is 1.38 bits per heavy atom. The number of hydrogen-bond acceptors (Lipinski definition) is 3. The van der Waals surface area contributed by atoms with Gasteiger partial charge in [0.15, 0.2) is 0 Å². The van der Waals surface area contributed by atoms with E-state index in [4.69, 9.17) is 10.00 Å². The van der Waals surface area contributed by atoms with Crippen molar-refractivity contribution < 1.29 is 9.53 Å². The molecule has 0 amide bonds. The van der Waals surface area contributed by atoms with Crippen LogP contribution in [0.5, 0.6) is 0 Å². The summed E-state index contributed by atoms with van der Waals surface area (Å²) in [7, 11) is -1.72. The maximum Gasteiger partial charge on any atom is 0.348 e. The highest BCUT2D eigenvalue weighted by Gasteiger charge is 2.20. The Bertz CT molecular complexity index is 595. The van der Waals surface area contributed by atoms with Crippen LogP contribution in [0.1, 0.15) is 5.56 Å². The van der Waals surface area contributed by atoms with E-state index in [-0.39, 0.29) is 5.57 Å². The third-order valence-corrected chi connectivity index (χ3v) is 4.81. The third kappa shape index (κ3) is 6.06. The molecule has 0 fully saturated rings. The fourth-order valence-electron chi connectivity index (χ4n) is 1.36. The molecule has 0 saturated heterocycles. The predicted octanol–water partition coefficient (Wildman–Crippen LogP) is 3.67. The summed E-state index contributed by atoms with van der Waals surface area (Å²) in [5.41, 5.74) is 2.85. The second-order valence-electron chi connectivity index (χ2n) is 5.23. The third-order valence-electron chi connectivity index (χ3n) is 2.82. The number of ether oxygens (including phenoxy) is 1.